The highest BCUT2D eigenvalue weighted by Gasteiger charge is 2.22. The molecule has 34 nitrogen and oxygen atoms in total. The number of nitrogens with zero attached hydrogens (tertiary/aromatic N) is 2. The molecule has 4 aromatic carbocycles. The molecule has 0 radical (unpaired) electrons. The topological polar surface area (TPSA) is 363 Å². The Morgan fingerprint density at radius 1 is 0.236 bits per heavy atom. The van der Waals surface area contributed by atoms with Gasteiger partial charge in [-0.2, -0.15) is 10.2 Å². The van der Waals surface area contributed by atoms with Crippen molar-refractivity contribution in [3.8, 4) is 34.5 Å². The fraction of sp³-hybridized carbons (Fsp3) is 0.632. The molecule has 4 amide bonds. The summed E-state index contributed by atoms with van der Waals surface area (Å²) in [5.41, 5.74) is 2.23. The first-order chi connectivity index (χ1) is 54.1. The van der Waals surface area contributed by atoms with Crippen LogP contribution in [-0.4, -0.2) is 330 Å². The van der Waals surface area contributed by atoms with Crippen molar-refractivity contribution in [1.82, 2.24) is 21.3 Å². The van der Waals surface area contributed by atoms with Crippen molar-refractivity contribution in [2.75, 3.05) is 307 Å². The quantitative estimate of drug-likeness (QED) is 0.0311. The average molecular weight is 1560 g/mol. The van der Waals surface area contributed by atoms with Crippen LogP contribution in [0.25, 0.3) is 0 Å². The lowest BCUT2D eigenvalue weighted by Crippen LogP contribution is -2.30. The van der Waals surface area contributed by atoms with Gasteiger partial charge in [-0.1, -0.05) is 0 Å². The Hall–Kier alpha value is -7.56. The smallest absolute Gasteiger partial charge is 0.251 e. The summed E-state index contributed by atoms with van der Waals surface area (Å²) >= 11 is 0. The van der Waals surface area contributed by atoms with Crippen LogP contribution in [0.1, 0.15) is 54.3 Å². The van der Waals surface area contributed by atoms with E-state index in [1.54, 1.807) is 115 Å². The number of hydrogen-bond donors (Lipinski definition) is 4. The van der Waals surface area contributed by atoms with Gasteiger partial charge in [0.1, 0.15) is 39.6 Å². The standard InChI is InChI=1S/C76H118N6O28/c1-87-21-27-93-33-39-99-45-51-105-67-57-63(58-68(106-52-46-100-40-34-94-28-22-88-2)71(67)109-55-49-103-43-37-97-31-25-91-5)75(85)79-19-7-17-77-73(83)61-9-13-65(14-10-61)81-82-66-15-11-62(12-16-66)74(84)78-18-8-20-80-76(86)64-59-69(107-53-47-101-41-35-95-29-23-89-3)72(110-56-50-104-44-38-98-32-26-92-6)70(60-64)108-54-48-102-42-36-96-30-24-90-4/h9-16,57-60H,7-8,17-56H2,1-6H3,(H,77,83)(H,78,84)(H,79,85)(H,80,86). The van der Waals surface area contributed by atoms with Crippen molar-refractivity contribution in [3.05, 3.63) is 95.1 Å². The highest BCUT2D eigenvalue weighted by molar-refractivity contribution is 5.97. The van der Waals surface area contributed by atoms with E-state index in [1.807, 2.05) is 0 Å². The lowest BCUT2D eigenvalue weighted by Gasteiger charge is -2.19. The first kappa shape index (κ1) is 94.8. The van der Waals surface area contributed by atoms with Gasteiger partial charge in [0, 0.05) is 91.1 Å². The van der Waals surface area contributed by atoms with Crippen LogP contribution in [0, 0.1) is 0 Å². The summed E-state index contributed by atoms with van der Waals surface area (Å²) in [6.45, 7) is 12.8. The lowest BCUT2D eigenvalue weighted by atomic mass is 10.1. The Morgan fingerprint density at radius 3 is 0.627 bits per heavy atom. The second kappa shape index (κ2) is 66.1. The molecule has 4 rings (SSSR count). The van der Waals surface area contributed by atoms with Gasteiger partial charge in [0.05, 0.1) is 210 Å². The average Bonchev–Trinajstić information content (AvgIpc) is 0.821. The third-order valence-electron chi connectivity index (χ3n) is 14.7. The highest BCUT2D eigenvalue weighted by Crippen LogP contribution is 2.41. The van der Waals surface area contributed by atoms with Crippen LogP contribution in [0.15, 0.2) is 83.0 Å². The lowest BCUT2D eigenvalue weighted by molar-refractivity contribution is 0.0146. The van der Waals surface area contributed by atoms with Gasteiger partial charge in [-0.15, -0.1) is 0 Å². The number of azo groups is 1. The predicted octanol–water partition coefficient (Wildman–Crippen LogP) is 5.55. The van der Waals surface area contributed by atoms with Crippen molar-refractivity contribution in [1.29, 1.82) is 0 Å². The van der Waals surface area contributed by atoms with Gasteiger partial charge in [0.25, 0.3) is 23.6 Å². The van der Waals surface area contributed by atoms with E-state index in [4.69, 9.17) is 114 Å². The first-order valence-corrected chi connectivity index (χ1v) is 36.9. The van der Waals surface area contributed by atoms with Gasteiger partial charge in [-0.3, -0.25) is 19.2 Å². The number of nitrogens with one attached hydrogen (secondary N) is 4. The Labute approximate surface area is 646 Å². The van der Waals surface area contributed by atoms with E-state index in [0.717, 1.165) is 0 Å². The Bertz CT molecular complexity index is 2730. The van der Waals surface area contributed by atoms with Gasteiger partial charge >= 0.3 is 0 Å². The van der Waals surface area contributed by atoms with E-state index >= 15 is 0 Å². The minimum Gasteiger partial charge on any atom is -0.487 e. The number of methoxy groups -OCH3 is 6. The molecule has 0 atom stereocenters. The Kier molecular flexibility index (Phi) is 57.0. The molecule has 110 heavy (non-hydrogen) atoms. The third-order valence-corrected chi connectivity index (χ3v) is 14.7. The van der Waals surface area contributed by atoms with Crippen LogP contribution in [0.5, 0.6) is 34.5 Å². The normalized spacial score (nSPS) is 11.3. The minimum atomic E-state index is -0.417. The molecule has 0 spiro atoms. The summed E-state index contributed by atoms with van der Waals surface area (Å²) in [5.74, 6) is 0.0224. The molecule has 0 aliphatic heterocycles. The van der Waals surface area contributed by atoms with Crippen molar-refractivity contribution < 1.29 is 133 Å². The van der Waals surface area contributed by atoms with Gasteiger partial charge in [-0.25, -0.2) is 0 Å². The number of rotatable bonds is 74. The molecule has 0 bridgehead atoms. The van der Waals surface area contributed by atoms with Crippen LogP contribution in [0.4, 0.5) is 11.4 Å². The maximum absolute atomic E-state index is 13.8. The summed E-state index contributed by atoms with van der Waals surface area (Å²) < 4.78 is 134. The Morgan fingerprint density at radius 2 is 0.418 bits per heavy atom. The minimum absolute atomic E-state index is 0.115. The van der Waals surface area contributed by atoms with Gasteiger partial charge in [-0.05, 0) is 85.6 Å². The number of hydrogen-bond acceptors (Lipinski definition) is 30. The summed E-state index contributed by atoms with van der Waals surface area (Å²) in [7, 11) is 9.62. The number of amides is 4. The van der Waals surface area contributed by atoms with Crippen LogP contribution in [-0.2, 0) is 85.3 Å². The summed E-state index contributed by atoms with van der Waals surface area (Å²) in [4.78, 5) is 54.0. The largest absolute Gasteiger partial charge is 0.487 e. The molecule has 4 N–H and O–H groups in total. The van der Waals surface area contributed by atoms with Crippen molar-refractivity contribution in [2.24, 2.45) is 10.2 Å². The summed E-state index contributed by atoms with van der Waals surface area (Å²) in [5, 5.41) is 20.3. The van der Waals surface area contributed by atoms with Crippen LogP contribution >= 0.6 is 0 Å². The third kappa shape index (κ3) is 45.7. The van der Waals surface area contributed by atoms with E-state index in [9.17, 15) is 19.2 Å². The number of benzene rings is 4. The second-order valence-electron chi connectivity index (χ2n) is 23.0. The fourth-order valence-corrected chi connectivity index (χ4v) is 9.03. The monoisotopic (exact) mass is 1560 g/mol. The zero-order valence-corrected chi connectivity index (χ0v) is 65.0. The molecule has 0 saturated heterocycles. The molecule has 0 unspecified atom stereocenters. The maximum Gasteiger partial charge on any atom is 0.251 e. The molecule has 34 heteroatoms. The van der Waals surface area contributed by atoms with Gasteiger partial charge in [0.2, 0.25) is 11.5 Å². The van der Waals surface area contributed by atoms with Gasteiger partial charge < -0.3 is 135 Å². The number of ether oxygens (including phenoxy) is 24. The van der Waals surface area contributed by atoms with E-state index in [0.29, 0.717) is 194 Å². The van der Waals surface area contributed by atoms with E-state index in [1.165, 1.54) is 0 Å². The summed E-state index contributed by atoms with van der Waals surface area (Å²) in [6.07, 6.45) is 0.813. The molecule has 0 heterocycles. The highest BCUT2D eigenvalue weighted by atomic mass is 16.6. The molecular weight excluding hydrogens is 1440 g/mol. The molecule has 0 aliphatic rings. The zero-order chi connectivity index (χ0) is 78.6. The molecular formula is C76H118N6O28. The molecule has 0 fully saturated rings. The molecule has 0 saturated carbocycles. The number of carbonyl (C=O) groups is 4. The SMILES string of the molecule is COCCOCCOCCOc1cc(C(=O)NCCCNC(=O)c2ccc(N=Nc3ccc(C(=O)NCCCNC(=O)c4cc(OCCOCCOCCOC)c(OCCOCCOCCOC)c(OCCOCCOCCOC)c4)cc3)cc2)cc(OCCOCCOCCOC)c1OCCOCCOCCOC. The van der Waals surface area contributed by atoms with Crippen molar-refractivity contribution in [2.45, 2.75) is 12.8 Å². The molecule has 0 aliphatic carbocycles. The first-order valence-electron chi connectivity index (χ1n) is 36.9. The van der Waals surface area contributed by atoms with Crippen LogP contribution in [0.3, 0.4) is 0 Å². The van der Waals surface area contributed by atoms with Crippen molar-refractivity contribution >= 4 is 35.0 Å². The zero-order valence-electron chi connectivity index (χ0n) is 65.0. The van der Waals surface area contributed by atoms with Crippen LogP contribution in [0.2, 0.25) is 0 Å². The van der Waals surface area contributed by atoms with Gasteiger partial charge in [0.15, 0.2) is 23.0 Å². The fourth-order valence-electron chi connectivity index (χ4n) is 9.03. The van der Waals surface area contributed by atoms with E-state index in [-0.39, 0.29) is 163 Å². The predicted molar refractivity (Wildman–Crippen MR) is 403 cm³/mol. The Balaban J connectivity index is 1.29. The molecule has 0 aromatic heterocycles. The molecule has 4 aromatic rings. The molecule has 620 valence electrons. The van der Waals surface area contributed by atoms with E-state index < -0.39 is 11.8 Å². The van der Waals surface area contributed by atoms with Crippen molar-refractivity contribution in [3.63, 3.8) is 0 Å². The van der Waals surface area contributed by atoms with Crippen LogP contribution < -0.4 is 49.7 Å². The second-order valence-corrected chi connectivity index (χ2v) is 23.0. The number of carbonyl (C=O) groups excluding carboxylic acids is 4. The van der Waals surface area contributed by atoms with E-state index in [2.05, 4.69) is 31.5 Å². The summed E-state index contributed by atoms with van der Waals surface area (Å²) in [6, 6.07) is 19.4. The maximum atomic E-state index is 13.8.